The maximum atomic E-state index is 11.5. The summed E-state index contributed by atoms with van der Waals surface area (Å²) in [6.07, 6.45) is -0.186. The smallest absolute Gasteiger partial charge is 0.233 e. The molecular weight excluding hydrogens is 218 g/mol. The number of carbonyl (C=O) groups is 2. The second kappa shape index (κ2) is 6.65. The Kier molecular flexibility index (Phi) is 5.16. The average molecular weight is 235 g/mol. The highest BCUT2D eigenvalue weighted by molar-refractivity contribution is 6.03. The van der Waals surface area contributed by atoms with E-state index < -0.39 is 0 Å². The third kappa shape index (κ3) is 4.65. The molecule has 0 saturated carbocycles. The van der Waals surface area contributed by atoms with Gasteiger partial charge in [0.25, 0.3) is 0 Å². The molecule has 0 spiro atoms. The summed E-state index contributed by atoms with van der Waals surface area (Å²) in [6, 6.07) is 7.41. The topological polar surface area (TPSA) is 84.2 Å². The van der Waals surface area contributed by atoms with E-state index in [4.69, 9.17) is 5.73 Å². The normalized spacial score (nSPS) is 9.76. The molecule has 5 nitrogen and oxygen atoms in total. The molecule has 0 bridgehead atoms. The zero-order chi connectivity index (χ0) is 12.7. The third-order valence-electron chi connectivity index (χ3n) is 2.21. The number of para-hydroxylation sites is 1. The maximum Gasteiger partial charge on any atom is 0.233 e. The Morgan fingerprint density at radius 3 is 2.59 bits per heavy atom. The van der Waals surface area contributed by atoms with Gasteiger partial charge in [-0.05, 0) is 18.6 Å². The van der Waals surface area contributed by atoms with Crippen LogP contribution in [0, 0.1) is 6.92 Å². The van der Waals surface area contributed by atoms with Gasteiger partial charge in [0.05, 0.1) is 0 Å². The third-order valence-corrected chi connectivity index (χ3v) is 2.21. The summed E-state index contributed by atoms with van der Waals surface area (Å²) in [5.41, 5.74) is 6.92. The lowest BCUT2D eigenvalue weighted by Crippen LogP contribution is -2.32. The Morgan fingerprint density at radius 1 is 1.24 bits per heavy atom. The van der Waals surface area contributed by atoms with E-state index in [1.807, 2.05) is 25.1 Å². The van der Waals surface area contributed by atoms with Crippen molar-refractivity contribution in [3.63, 3.8) is 0 Å². The van der Waals surface area contributed by atoms with Gasteiger partial charge in [-0.1, -0.05) is 18.2 Å². The zero-order valence-corrected chi connectivity index (χ0v) is 9.82. The van der Waals surface area contributed by atoms with Crippen molar-refractivity contribution in [3.05, 3.63) is 29.8 Å². The van der Waals surface area contributed by atoms with E-state index in [1.165, 1.54) is 0 Å². The number of nitrogens with one attached hydrogen (secondary N) is 2. The van der Waals surface area contributed by atoms with Crippen LogP contribution < -0.4 is 16.4 Å². The van der Waals surface area contributed by atoms with Crippen LogP contribution in [0.3, 0.4) is 0 Å². The van der Waals surface area contributed by atoms with Gasteiger partial charge in [-0.3, -0.25) is 9.59 Å². The van der Waals surface area contributed by atoms with E-state index in [2.05, 4.69) is 10.6 Å². The fourth-order valence-electron chi connectivity index (χ4n) is 1.33. The number of hydrogen-bond acceptors (Lipinski definition) is 3. The van der Waals surface area contributed by atoms with Crippen molar-refractivity contribution in [2.24, 2.45) is 5.73 Å². The summed E-state index contributed by atoms with van der Waals surface area (Å²) in [6.45, 7) is 2.64. The monoisotopic (exact) mass is 235 g/mol. The lowest BCUT2D eigenvalue weighted by Gasteiger charge is -2.08. The van der Waals surface area contributed by atoms with Crippen LogP contribution in [-0.4, -0.2) is 24.9 Å². The standard InChI is InChI=1S/C12H17N3O2/c1-9-4-2-3-5-10(9)15-12(17)8-11(16)14-7-6-13/h2-5H,6-8,13H2,1H3,(H,14,16)(H,15,17). The highest BCUT2D eigenvalue weighted by Gasteiger charge is 2.09. The number of nitrogens with two attached hydrogens (primary N) is 1. The Balaban J connectivity index is 2.45. The number of carbonyl (C=O) groups excluding carboxylic acids is 2. The van der Waals surface area contributed by atoms with Crippen LogP contribution >= 0.6 is 0 Å². The summed E-state index contributed by atoms with van der Waals surface area (Å²) in [5.74, 6) is -0.643. The molecule has 5 heteroatoms. The SMILES string of the molecule is Cc1ccccc1NC(=O)CC(=O)NCCN. The molecule has 0 aliphatic carbocycles. The molecule has 0 fully saturated rings. The van der Waals surface area contributed by atoms with Gasteiger partial charge in [0.15, 0.2) is 0 Å². The molecule has 4 N–H and O–H groups in total. The van der Waals surface area contributed by atoms with Crippen LogP contribution in [0.25, 0.3) is 0 Å². The molecule has 2 amide bonds. The summed E-state index contributed by atoms with van der Waals surface area (Å²) in [4.78, 5) is 22.8. The molecule has 0 saturated heterocycles. The molecule has 0 atom stereocenters. The summed E-state index contributed by atoms with van der Waals surface area (Å²) in [5, 5.41) is 5.23. The molecule has 1 rings (SSSR count). The van der Waals surface area contributed by atoms with Crippen LogP contribution in [0.4, 0.5) is 5.69 Å². The number of anilines is 1. The molecule has 0 aromatic heterocycles. The second-order valence-corrected chi connectivity index (χ2v) is 3.68. The van der Waals surface area contributed by atoms with Crippen LogP contribution in [-0.2, 0) is 9.59 Å². The molecular formula is C12H17N3O2. The largest absolute Gasteiger partial charge is 0.354 e. The summed E-state index contributed by atoms with van der Waals surface area (Å²) >= 11 is 0. The highest BCUT2D eigenvalue weighted by Crippen LogP contribution is 2.13. The molecule has 17 heavy (non-hydrogen) atoms. The van der Waals surface area contributed by atoms with Gasteiger partial charge in [-0.15, -0.1) is 0 Å². The van der Waals surface area contributed by atoms with E-state index in [0.717, 1.165) is 11.3 Å². The average Bonchev–Trinajstić information content (AvgIpc) is 2.29. The van der Waals surface area contributed by atoms with Crippen molar-refractivity contribution < 1.29 is 9.59 Å². The first-order chi connectivity index (χ1) is 8.13. The fourth-order valence-corrected chi connectivity index (χ4v) is 1.33. The van der Waals surface area contributed by atoms with Gasteiger partial charge in [-0.25, -0.2) is 0 Å². The Morgan fingerprint density at radius 2 is 1.94 bits per heavy atom. The molecule has 0 heterocycles. The van der Waals surface area contributed by atoms with Gasteiger partial charge in [0, 0.05) is 18.8 Å². The van der Waals surface area contributed by atoms with Crippen LogP contribution in [0.15, 0.2) is 24.3 Å². The van der Waals surface area contributed by atoms with Gasteiger partial charge < -0.3 is 16.4 Å². The second-order valence-electron chi connectivity index (χ2n) is 3.68. The summed E-state index contributed by atoms with van der Waals surface area (Å²) in [7, 11) is 0. The van der Waals surface area contributed by atoms with Crippen LogP contribution in [0.1, 0.15) is 12.0 Å². The zero-order valence-electron chi connectivity index (χ0n) is 9.82. The van der Waals surface area contributed by atoms with Crippen molar-refractivity contribution in [2.45, 2.75) is 13.3 Å². The van der Waals surface area contributed by atoms with E-state index in [0.29, 0.717) is 13.1 Å². The van der Waals surface area contributed by atoms with Crippen molar-refractivity contribution in [1.29, 1.82) is 0 Å². The number of aryl methyl sites for hydroxylation is 1. The molecule has 0 unspecified atom stereocenters. The van der Waals surface area contributed by atoms with E-state index in [1.54, 1.807) is 6.07 Å². The molecule has 1 aromatic rings. The van der Waals surface area contributed by atoms with Gasteiger partial charge in [0.1, 0.15) is 6.42 Å². The molecule has 92 valence electrons. The Labute approximate surface area is 100 Å². The highest BCUT2D eigenvalue weighted by atomic mass is 16.2. The number of rotatable bonds is 5. The Hall–Kier alpha value is -1.88. The fraction of sp³-hybridized carbons (Fsp3) is 0.333. The predicted octanol–water partition coefficient (Wildman–Crippen LogP) is 0.399. The quantitative estimate of drug-likeness (QED) is 0.646. The van der Waals surface area contributed by atoms with Crippen molar-refractivity contribution in [1.82, 2.24) is 5.32 Å². The minimum atomic E-state index is -0.325. The predicted molar refractivity (Wildman–Crippen MR) is 66.5 cm³/mol. The van der Waals surface area contributed by atoms with E-state index in [-0.39, 0.29) is 18.2 Å². The van der Waals surface area contributed by atoms with Gasteiger partial charge in [-0.2, -0.15) is 0 Å². The first kappa shape index (κ1) is 13.2. The molecule has 0 radical (unpaired) electrons. The van der Waals surface area contributed by atoms with E-state index >= 15 is 0 Å². The lowest BCUT2D eigenvalue weighted by atomic mass is 10.2. The minimum absolute atomic E-state index is 0.186. The molecule has 0 aliphatic rings. The Bertz CT molecular complexity index is 404. The van der Waals surface area contributed by atoms with Crippen molar-refractivity contribution >= 4 is 17.5 Å². The summed E-state index contributed by atoms with van der Waals surface area (Å²) < 4.78 is 0. The number of amides is 2. The van der Waals surface area contributed by atoms with Crippen molar-refractivity contribution in [3.8, 4) is 0 Å². The van der Waals surface area contributed by atoms with Crippen molar-refractivity contribution in [2.75, 3.05) is 18.4 Å². The van der Waals surface area contributed by atoms with Crippen LogP contribution in [0.5, 0.6) is 0 Å². The minimum Gasteiger partial charge on any atom is -0.354 e. The van der Waals surface area contributed by atoms with Gasteiger partial charge >= 0.3 is 0 Å². The first-order valence-electron chi connectivity index (χ1n) is 5.45. The molecule has 0 aliphatic heterocycles. The first-order valence-corrected chi connectivity index (χ1v) is 5.45. The number of benzene rings is 1. The van der Waals surface area contributed by atoms with Gasteiger partial charge in [0.2, 0.25) is 11.8 Å². The van der Waals surface area contributed by atoms with Crippen LogP contribution in [0.2, 0.25) is 0 Å². The molecule has 1 aromatic carbocycles. The lowest BCUT2D eigenvalue weighted by molar-refractivity contribution is -0.126. The van der Waals surface area contributed by atoms with E-state index in [9.17, 15) is 9.59 Å². The number of hydrogen-bond donors (Lipinski definition) is 3. The maximum absolute atomic E-state index is 11.5.